The number of fused-ring (bicyclic) bond motifs is 1. The lowest BCUT2D eigenvalue weighted by Gasteiger charge is -2.31. The molecule has 3 nitrogen and oxygen atoms in total. The van der Waals surface area contributed by atoms with Crippen molar-refractivity contribution >= 4 is 23.3 Å². The first-order valence-corrected chi connectivity index (χ1v) is 6.61. The van der Waals surface area contributed by atoms with Crippen LogP contribution in [0, 0.1) is 17.6 Å². The van der Waals surface area contributed by atoms with Crippen molar-refractivity contribution in [1.29, 1.82) is 0 Å². The highest BCUT2D eigenvalue weighted by Gasteiger charge is 2.53. The Hall–Kier alpha value is -2.01. The fourth-order valence-corrected chi connectivity index (χ4v) is 3.05. The summed E-state index contributed by atoms with van der Waals surface area (Å²) in [5.74, 6) is -3.34. The molecular weight excluding hydrogens is 300 g/mol. The molecule has 0 spiro atoms. The van der Waals surface area contributed by atoms with Crippen LogP contribution >= 0.6 is 11.6 Å². The zero-order chi connectivity index (χ0) is 15.4. The molecule has 0 radical (unpaired) electrons. The van der Waals surface area contributed by atoms with Gasteiger partial charge in [-0.2, -0.15) is 0 Å². The summed E-state index contributed by atoms with van der Waals surface area (Å²) in [7, 11) is 0. The van der Waals surface area contributed by atoms with Gasteiger partial charge >= 0.3 is 0 Å². The number of Topliss-reactive ketones (excluding diaryl/α,β-unsaturated/α-hetero) is 1. The molecule has 108 valence electrons. The first-order chi connectivity index (χ1) is 9.83. The normalized spacial score (nSPS) is 27.9. The molecule has 3 rings (SSSR count). The SMILES string of the molecule is CC1(c2cc(F)cc(F)c2)NC(=O)C2=CC=C(Cl)C(=O)C21. The van der Waals surface area contributed by atoms with Gasteiger partial charge in [0.1, 0.15) is 11.6 Å². The van der Waals surface area contributed by atoms with Crippen LogP contribution < -0.4 is 5.32 Å². The number of benzene rings is 1. The molecule has 1 aromatic rings. The summed E-state index contributed by atoms with van der Waals surface area (Å²) < 4.78 is 26.9. The Balaban J connectivity index is 2.18. The number of hydrogen-bond donors (Lipinski definition) is 1. The van der Waals surface area contributed by atoms with Gasteiger partial charge in [0.2, 0.25) is 5.91 Å². The standard InChI is InChI=1S/C15H10ClF2NO2/c1-15(7-4-8(17)6-9(18)5-7)12-10(14(21)19-15)2-3-11(16)13(12)20/h2-6,12H,1H3,(H,19,21). The van der Waals surface area contributed by atoms with Gasteiger partial charge in [-0.15, -0.1) is 0 Å². The van der Waals surface area contributed by atoms with E-state index < -0.39 is 34.8 Å². The summed E-state index contributed by atoms with van der Waals surface area (Å²) in [6.45, 7) is 1.55. The Labute approximate surface area is 124 Å². The molecule has 6 heteroatoms. The summed E-state index contributed by atoms with van der Waals surface area (Å²) in [4.78, 5) is 24.3. The van der Waals surface area contributed by atoms with E-state index in [4.69, 9.17) is 11.6 Å². The van der Waals surface area contributed by atoms with E-state index in [-0.39, 0.29) is 16.2 Å². The van der Waals surface area contributed by atoms with Crippen molar-refractivity contribution in [2.75, 3.05) is 0 Å². The fourth-order valence-electron chi connectivity index (χ4n) is 2.87. The molecule has 1 aliphatic carbocycles. The summed E-state index contributed by atoms with van der Waals surface area (Å²) in [5.41, 5.74) is -0.810. The maximum atomic E-state index is 13.5. The fraction of sp³-hybridized carbons (Fsp3) is 0.200. The van der Waals surface area contributed by atoms with E-state index in [1.54, 1.807) is 6.92 Å². The molecule has 0 aromatic heterocycles. The lowest BCUT2D eigenvalue weighted by molar-refractivity contribution is -0.119. The molecule has 1 heterocycles. The van der Waals surface area contributed by atoms with Gasteiger partial charge in [0.15, 0.2) is 5.78 Å². The average molecular weight is 310 g/mol. The number of amides is 1. The van der Waals surface area contributed by atoms with E-state index in [9.17, 15) is 18.4 Å². The summed E-state index contributed by atoms with van der Waals surface area (Å²) in [6.07, 6.45) is 2.82. The summed E-state index contributed by atoms with van der Waals surface area (Å²) in [5, 5.41) is 2.63. The van der Waals surface area contributed by atoms with Crippen LogP contribution in [0.15, 0.2) is 41.0 Å². The zero-order valence-corrected chi connectivity index (χ0v) is 11.7. The van der Waals surface area contributed by atoms with Gasteiger partial charge in [-0.3, -0.25) is 9.59 Å². The van der Waals surface area contributed by atoms with E-state index in [1.165, 1.54) is 12.2 Å². The Kier molecular flexibility index (Phi) is 2.99. The minimum atomic E-state index is -1.24. The second-order valence-electron chi connectivity index (χ2n) is 5.25. The van der Waals surface area contributed by atoms with E-state index in [2.05, 4.69) is 5.32 Å². The van der Waals surface area contributed by atoms with Crippen LogP contribution in [0.3, 0.4) is 0 Å². The van der Waals surface area contributed by atoms with Crippen LogP contribution in [0.4, 0.5) is 8.78 Å². The number of ketones is 1. The monoisotopic (exact) mass is 309 g/mol. The number of nitrogens with one attached hydrogen (secondary N) is 1. The number of carbonyl (C=O) groups excluding carboxylic acids is 2. The third kappa shape index (κ3) is 2.00. The highest BCUT2D eigenvalue weighted by Crippen LogP contribution is 2.44. The molecule has 21 heavy (non-hydrogen) atoms. The average Bonchev–Trinajstić information content (AvgIpc) is 2.66. The van der Waals surface area contributed by atoms with Crippen molar-refractivity contribution in [2.45, 2.75) is 12.5 Å². The molecule has 0 bridgehead atoms. The van der Waals surface area contributed by atoms with Gasteiger partial charge < -0.3 is 5.32 Å². The van der Waals surface area contributed by atoms with Crippen molar-refractivity contribution in [2.24, 2.45) is 5.92 Å². The van der Waals surface area contributed by atoms with Crippen LogP contribution in [0.1, 0.15) is 12.5 Å². The van der Waals surface area contributed by atoms with Gasteiger partial charge in [-0.1, -0.05) is 17.7 Å². The second kappa shape index (κ2) is 4.49. The van der Waals surface area contributed by atoms with Gasteiger partial charge in [0.05, 0.1) is 16.5 Å². The predicted octanol–water partition coefficient (Wildman–Crippen LogP) is 2.56. The van der Waals surface area contributed by atoms with Crippen LogP contribution in [0.25, 0.3) is 0 Å². The predicted molar refractivity (Wildman–Crippen MR) is 72.4 cm³/mol. The van der Waals surface area contributed by atoms with Crippen molar-refractivity contribution in [1.82, 2.24) is 5.32 Å². The largest absolute Gasteiger partial charge is 0.342 e. The Morgan fingerprint density at radius 3 is 2.38 bits per heavy atom. The molecule has 1 amide bonds. The van der Waals surface area contributed by atoms with Crippen LogP contribution in [0.5, 0.6) is 0 Å². The minimum Gasteiger partial charge on any atom is -0.342 e. The Bertz CT molecular complexity index is 721. The van der Waals surface area contributed by atoms with Crippen LogP contribution in [0.2, 0.25) is 0 Å². The van der Waals surface area contributed by atoms with Crippen LogP contribution in [-0.2, 0) is 15.1 Å². The molecule has 2 unspecified atom stereocenters. The van der Waals surface area contributed by atoms with Crippen molar-refractivity contribution in [3.63, 3.8) is 0 Å². The van der Waals surface area contributed by atoms with E-state index in [0.717, 1.165) is 18.2 Å². The number of carbonyl (C=O) groups is 2. The lowest BCUT2D eigenvalue weighted by Crippen LogP contribution is -2.43. The van der Waals surface area contributed by atoms with E-state index in [0.29, 0.717) is 0 Å². The molecular formula is C15H10ClF2NO2. The minimum absolute atomic E-state index is 0.0108. The zero-order valence-electron chi connectivity index (χ0n) is 10.9. The van der Waals surface area contributed by atoms with Crippen LogP contribution in [-0.4, -0.2) is 11.7 Å². The third-order valence-electron chi connectivity index (χ3n) is 3.89. The second-order valence-corrected chi connectivity index (χ2v) is 5.66. The smallest absolute Gasteiger partial charge is 0.248 e. The molecule has 1 aliphatic heterocycles. The number of hydrogen-bond acceptors (Lipinski definition) is 2. The molecule has 0 saturated carbocycles. The maximum Gasteiger partial charge on any atom is 0.248 e. The topological polar surface area (TPSA) is 46.2 Å². The van der Waals surface area contributed by atoms with E-state index >= 15 is 0 Å². The summed E-state index contributed by atoms with van der Waals surface area (Å²) >= 11 is 5.84. The van der Waals surface area contributed by atoms with E-state index in [1.807, 2.05) is 0 Å². The van der Waals surface area contributed by atoms with Gasteiger partial charge in [-0.05, 0) is 30.7 Å². The van der Waals surface area contributed by atoms with Crippen molar-refractivity contribution in [3.8, 4) is 0 Å². The number of allylic oxidation sites excluding steroid dienone is 3. The van der Waals surface area contributed by atoms with Crippen molar-refractivity contribution < 1.29 is 18.4 Å². The number of halogens is 3. The summed E-state index contributed by atoms with van der Waals surface area (Å²) in [6, 6.07) is 2.94. The Morgan fingerprint density at radius 2 is 1.76 bits per heavy atom. The quantitative estimate of drug-likeness (QED) is 0.866. The van der Waals surface area contributed by atoms with Gasteiger partial charge in [0, 0.05) is 11.6 Å². The molecule has 2 atom stereocenters. The lowest BCUT2D eigenvalue weighted by atomic mass is 9.75. The Morgan fingerprint density at radius 1 is 1.14 bits per heavy atom. The van der Waals surface area contributed by atoms with Gasteiger partial charge in [0.25, 0.3) is 0 Å². The molecule has 1 fully saturated rings. The van der Waals surface area contributed by atoms with Gasteiger partial charge in [-0.25, -0.2) is 8.78 Å². The first kappa shape index (κ1) is 13.9. The highest BCUT2D eigenvalue weighted by atomic mass is 35.5. The van der Waals surface area contributed by atoms with Crippen molar-refractivity contribution in [3.05, 3.63) is 58.2 Å². The molecule has 1 saturated heterocycles. The molecule has 1 N–H and O–H groups in total. The third-order valence-corrected chi connectivity index (χ3v) is 4.21. The molecule has 2 aliphatic rings. The first-order valence-electron chi connectivity index (χ1n) is 6.23. The maximum absolute atomic E-state index is 13.5. The highest BCUT2D eigenvalue weighted by molar-refractivity contribution is 6.44. The number of rotatable bonds is 1. The molecule has 1 aromatic carbocycles.